The zero-order valence-corrected chi connectivity index (χ0v) is 11.2. The van der Waals surface area contributed by atoms with Crippen LogP contribution in [0, 0.1) is 11.8 Å². The first-order chi connectivity index (χ1) is 8.08. The van der Waals surface area contributed by atoms with Gasteiger partial charge < -0.3 is 10.6 Å². The Morgan fingerprint density at radius 3 is 3.00 bits per heavy atom. The lowest BCUT2D eigenvalue weighted by molar-refractivity contribution is 0.0646. The number of carbonyl (C=O) groups is 1. The molecule has 0 aromatic carbocycles. The van der Waals surface area contributed by atoms with Gasteiger partial charge in [-0.15, -0.1) is 0 Å². The monoisotopic (exact) mass is 253 g/mol. The summed E-state index contributed by atoms with van der Waals surface area (Å²) >= 11 is 1.27. The average molecular weight is 253 g/mol. The Balaban J connectivity index is 2.04. The van der Waals surface area contributed by atoms with Gasteiger partial charge in [-0.2, -0.15) is 0 Å². The number of thiazole rings is 1. The number of amides is 1. The van der Waals surface area contributed by atoms with Crippen LogP contribution >= 0.6 is 11.3 Å². The molecule has 1 aliphatic heterocycles. The predicted octanol–water partition coefficient (Wildman–Crippen LogP) is 2.23. The quantitative estimate of drug-likeness (QED) is 0.879. The molecule has 1 saturated heterocycles. The number of hydrogen-bond donors (Lipinski definition) is 1. The fourth-order valence-corrected chi connectivity index (χ4v) is 2.93. The van der Waals surface area contributed by atoms with E-state index in [-0.39, 0.29) is 5.91 Å². The van der Waals surface area contributed by atoms with Crippen molar-refractivity contribution in [2.45, 2.75) is 26.7 Å². The predicted molar refractivity (Wildman–Crippen MR) is 70.0 cm³/mol. The standard InChI is InChI=1S/C12H19N3OS/c1-8(2)9-4-3-5-15(7-9)11(16)10-6-14-12(13)17-10/h6,8-9H,3-5,7H2,1-2H3,(H2,13,14)/t9-/m1/s1. The van der Waals surface area contributed by atoms with E-state index in [0.717, 1.165) is 19.5 Å². The van der Waals surface area contributed by atoms with Gasteiger partial charge >= 0.3 is 0 Å². The number of hydrogen-bond acceptors (Lipinski definition) is 4. The number of piperidine rings is 1. The van der Waals surface area contributed by atoms with E-state index in [1.165, 1.54) is 17.8 Å². The molecule has 0 saturated carbocycles. The molecule has 0 radical (unpaired) electrons. The lowest BCUT2D eigenvalue weighted by Crippen LogP contribution is -2.41. The minimum atomic E-state index is 0.0875. The molecule has 1 aliphatic rings. The zero-order valence-electron chi connectivity index (χ0n) is 10.3. The molecule has 1 aromatic rings. The van der Waals surface area contributed by atoms with Gasteiger partial charge in [-0.05, 0) is 24.7 Å². The molecule has 94 valence electrons. The second-order valence-corrected chi connectivity index (χ2v) is 6.02. The summed E-state index contributed by atoms with van der Waals surface area (Å²) in [5, 5.41) is 0.464. The molecule has 2 heterocycles. The molecular weight excluding hydrogens is 234 g/mol. The highest BCUT2D eigenvalue weighted by molar-refractivity contribution is 7.17. The van der Waals surface area contributed by atoms with Crippen molar-refractivity contribution in [1.29, 1.82) is 0 Å². The summed E-state index contributed by atoms with van der Waals surface area (Å²) in [7, 11) is 0. The Morgan fingerprint density at radius 1 is 1.65 bits per heavy atom. The van der Waals surface area contributed by atoms with Crippen LogP contribution in [0.2, 0.25) is 0 Å². The molecule has 0 bridgehead atoms. The van der Waals surface area contributed by atoms with Crippen LogP contribution in [0.1, 0.15) is 36.4 Å². The van der Waals surface area contributed by atoms with Crippen molar-refractivity contribution >= 4 is 22.4 Å². The maximum absolute atomic E-state index is 12.2. The first kappa shape index (κ1) is 12.4. The highest BCUT2D eigenvalue weighted by Gasteiger charge is 2.26. The zero-order chi connectivity index (χ0) is 12.4. The summed E-state index contributed by atoms with van der Waals surface area (Å²) in [5.41, 5.74) is 5.56. The third kappa shape index (κ3) is 2.77. The molecule has 2 rings (SSSR count). The van der Waals surface area contributed by atoms with Crippen molar-refractivity contribution in [2.75, 3.05) is 18.8 Å². The number of nitrogens with zero attached hydrogens (tertiary/aromatic N) is 2. The minimum Gasteiger partial charge on any atom is -0.375 e. The number of likely N-dealkylation sites (tertiary alicyclic amines) is 1. The van der Waals surface area contributed by atoms with Crippen LogP contribution in [0.3, 0.4) is 0 Å². The van der Waals surface area contributed by atoms with E-state index >= 15 is 0 Å². The number of carbonyl (C=O) groups excluding carboxylic acids is 1. The van der Waals surface area contributed by atoms with Gasteiger partial charge in [0.05, 0.1) is 6.20 Å². The second-order valence-electron chi connectivity index (χ2n) is 4.96. The van der Waals surface area contributed by atoms with Crippen LogP contribution in [0.15, 0.2) is 6.20 Å². The number of nitrogen functional groups attached to an aromatic ring is 1. The highest BCUT2D eigenvalue weighted by Crippen LogP contribution is 2.25. The summed E-state index contributed by atoms with van der Waals surface area (Å²) in [6, 6.07) is 0. The SMILES string of the molecule is CC(C)[C@@H]1CCCN(C(=O)c2cnc(N)s2)C1. The maximum atomic E-state index is 12.2. The van der Waals surface area contributed by atoms with Crippen LogP contribution in [0.25, 0.3) is 0 Å². The van der Waals surface area contributed by atoms with Crippen molar-refractivity contribution in [2.24, 2.45) is 11.8 Å². The molecule has 2 N–H and O–H groups in total. The van der Waals surface area contributed by atoms with Crippen LogP contribution < -0.4 is 5.73 Å². The Labute approximate surface area is 106 Å². The number of anilines is 1. The summed E-state index contributed by atoms with van der Waals surface area (Å²) in [5.74, 6) is 1.35. The Morgan fingerprint density at radius 2 is 2.41 bits per heavy atom. The number of aromatic nitrogens is 1. The van der Waals surface area contributed by atoms with Crippen molar-refractivity contribution in [3.05, 3.63) is 11.1 Å². The van der Waals surface area contributed by atoms with E-state index < -0.39 is 0 Å². The van der Waals surface area contributed by atoms with Crippen LogP contribution in [0.5, 0.6) is 0 Å². The van der Waals surface area contributed by atoms with Gasteiger partial charge in [-0.1, -0.05) is 25.2 Å². The normalized spacial score (nSPS) is 20.9. The topological polar surface area (TPSA) is 59.2 Å². The number of rotatable bonds is 2. The van der Waals surface area contributed by atoms with Gasteiger partial charge in [0, 0.05) is 13.1 Å². The first-order valence-electron chi connectivity index (χ1n) is 6.08. The molecule has 1 aromatic heterocycles. The largest absolute Gasteiger partial charge is 0.375 e. The molecule has 0 unspecified atom stereocenters. The third-order valence-corrected chi connectivity index (χ3v) is 4.24. The molecule has 17 heavy (non-hydrogen) atoms. The van der Waals surface area contributed by atoms with Crippen molar-refractivity contribution < 1.29 is 4.79 Å². The Hall–Kier alpha value is -1.10. The van der Waals surface area contributed by atoms with Crippen LogP contribution in [-0.4, -0.2) is 28.9 Å². The van der Waals surface area contributed by atoms with E-state index in [2.05, 4.69) is 18.8 Å². The van der Waals surface area contributed by atoms with E-state index in [1.54, 1.807) is 6.20 Å². The van der Waals surface area contributed by atoms with Gasteiger partial charge in [0.2, 0.25) is 0 Å². The summed E-state index contributed by atoms with van der Waals surface area (Å²) in [4.78, 5) is 18.8. The molecule has 1 atom stereocenters. The Kier molecular flexibility index (Phi) is 3.66. The van der Waals surface area contributed by atoms with Crippen molar-refractivity contribution in [3.63, 3.8) is 0 Å². The van der Waals surface area contributed by atoms with E-state index in [0.29, 0.717) is 21.8 Å². The van der Waals surface area contributed by atoms with Crippen LogP contribution in [-0.2, 0) is 0 Å². The molecule has 4 nitrogen and oxygen atoms in total. The van der Waals surface area contributed by atoms with Gasteiger partial charge in [0.15, 0.2) is 5.13 Å². The third-order valence-electron chi connectivity index (χ3n) is 3.42. The molecule has 1 amide bonds. The lowest BCUT2D eigenvalue weighted by Gasteiger charge is -2.34. The van der Waals surface area contributed by atoms with Gasteiger partial charge in [-0.3, -0.25) is 4.79 Å². The average Bonchev–Trinajstić information content (AvgIpc) is 2.75. The highest BCUT2D eigenvalue weighted by atomic mass is 32.1. The fraction of sp³-hybridized carbons (Fsp3) is 0.667. The van der Waals surface area contributed by atoms with Crippen molar-refractivity contribution in [1.82, 2.24) is 9.88 Å². The first-order valence-corrected chi connectivity index (χ1v) is 6.90. The Bertz CT molecular complexity index is 402. The van der Waals surface area contributed by atoms with Crippen LogP contribution in [0.4, 0.5) is 5.13 Å². The molecule has 0 spiro atoms. The summed E-state index contributed by atoms with van der Waals surface area (Å²) < 4.78 is 0. The van der Waals surface area contributed by atoms with Gasteiger partial charge in [0.1, 0.15) is 4.88 Å². The van der Waals surface area contributed by atoms with Gasteiger partial charge in [0.25, 0.3) is 5.91 Å². The van der Waals surface area contributed by atoms with Crippen molar-refractivity contribution in [3.8, 4) is 0 Å². The second kappa shape index (κ2) is 5.04. The molecule has 5 heteroatoms. The van der Waals surface area contributed by atoms with Gasteiger partial charge in [-0.25, -0.2) is 4.98 Å². The lowest BCUT2D eigenvalue weighted by atomic mass is 9.88. The smallest absolute Gasteiger partial charge is 0.265 e. The van der Waals surface area contributed by atoms with E-state index in [4.69, 9.17) is 5.73 Å². The summed E-state index contributed by atoms with van der Waals surface area (Å²) in [6.07, 6.45) is 3.91. The molecular formula is C12H19N3OS. The molecule has 0 aliphatic carbocycles. The van der Waals surface area contributed by atoms with E-state index in [9.17, 15) is 4.79 Å². The number of nitrogens with two attached hydrogens (primary N) is 1. The molecule has 1 fully saturated rings. The maximum Gasteiger partial charge on any atom is 0.265 e. The minimum absolute atomic E-state index is 0.0875. The summed E-state index contributed by atoms with van der Waals surface area (Å²) in [6.45, 7) is 6.18. The fourth-order valence-electron chi connectivity index (χ4n) is 2.28. The van der Waals surface area contributed by atoms with E-state index in [1.807, 2.05) is 4.90 Å².